The van der Waals surface area contributed by atoms with Crippen LogP contribution in [0.15, 0.2) is 15.6 Å². The number of thioether (sulfide) groups is 1. The normalized spacial score (nSPS) is 19.4. The van der Waals surface area contributed by atoms with Gasteiger partial charge in [-0.1, -0.05) is 11.8 Å². The van der Waals surface area contributed by atoms with E-state index >= 15 is 4.39 Å². The summed E-state index contributed by atoms with van der Waals surface area (Å²) in [6.07, 6.45) is 3.41. The number of ether oxygens (including phenoxy) is 2. The van der Waals surface area contributed by atoms with Gasteiger partial charge in [-0.05, 0) is 67.4 Å². The van der Waals surface area contributed by atoms with Crippen LogP contribution in [0, 0.1) is 34.9 Å². The van der Waals surface area contributed by atoms with E-state index in [0.29, 0.717) is 46.6 Å². The molecule has 1 aliphatic carbocycles. The molecule has 1 aromatic carbocycles. The first-order valence-corrected chi connectivity index (χ1v) is 15.1. The molecule has 1 amide bonds. The molecule has 1 aromatic heterocycles. The van der Waals surface area contributed by atoms with E-state index in [4.69, 9.17) is 14.7 Å². The van der Waals surface area contributed by atoms with Crippen molar-refractivity contribution in [2.24, 2.45) is 5.92 Å². The van der Waals surface area contributed by atoms with E-state index in [0.717, 1.165) is 6.42 Å². The van der Waals surface area contributed by atoms with Gasteiger partial charge in [-0.3, -0.25) is 4.79 Å². The van der Waals surface area contributed by atoms with Crippen molar-refractivity contribution in [3.05, 3.63) is 27.5 Å². The molecule has 0 spiro atoms. The Morgan fingerprint density at radius 1 is 1.35 bits per heavy atom. The van der Waals surface area contributed by atoms with E-state index in [1.807, 2.05) is 33.1 Å². The molecule has 3 atom stereocenters. The monoisotopic (exact) mass is 630 g/mol. The lowest BCUT2D eigenvalue weighted by atomic mass is 9.79. The minimum atomic E-state index is -0.598. The zero-order valence-corrected chi connectivity index (χ0v) is 25.6. The number of nitriles is 1. The summed E-state index contributed by atoms with van der Waals surface area (Å²) in [5, 5.41) is 13.9. The van der Waals surface area contributed by atoms with Crippen molar-refractivity contribution >= 4 is 56.3 Å². The second-order valence-electron chi connectivity index (χ2n) is 10.8. The minimum Gasteiger partial charge on any atom is -0.469 e. The van der Waals surface area contributed by atoms with E-state index < -0.39 is 11.4 Å². The Morgan fingerprint density at radius 3 is 2.75 bits per heavy atom. The van der Waals surface area contributed by atoms with Crippen molar-refractivity contribution in [3.63, 3.8) is 0 Å². The van der Waals surface area contributed by atoms with Gasteiger partial charge in [-0.25, -0.2) is 14.2 Å². The lowest BCUT2D eigenvalue weighted by molar-refractivity contribution is -0.140. The molecule has 8 nitrogen and oxygen atoms in total. The average Bonchev–Trinajstić information content (AvgIpc) is 3.50. The number of aryl methyl sites for hydroxylation is 1. The van der Waals surface area contributed by atoms with Crippen molar-refractivity contribution in [2.75, 3.05) is 25.2 Å². The van der Waals surface area contributed by atoms with Crippen LogP contribution in [0.25, 0.3) is 10.9 Å². The van der Waals surface area contributed by atoms with Crippen LogP contribution in [-0.4, -0.2) is 59.5 Å². The Kier molecular flexibility index (Phi) is 9.16. The lowest BCUT2D eigenvalue weighted by Gasteiger charge is -2.38. The van der Waals surface area contributed by atoms with E-state index in [2.05, 4.69) is 44.1 Å². The number of anilines is 1. The number of carbonyl (C=O) groups is 2. The molecule has 3 aliphatic rings. The maximum Gasteiger partial charge on any atom is 0.410 e. The molecule has 2 aromatic rings. The molecule has 2 saturated heterocycles. The largest absolute Gasteiger partial charge is 0.469 e. The number of halogens is 2. The number of esters is 1. The Labute approximate surface area is 246 Å². The van der Waals surface area contributed by atoms with Gasteiger partial charge in [0.2, 0.25) is 0 Å². The van der Waals surface area contributed by atoms with Gasteiger partial charge in [0.15, 0.2) is 5.82 Å². The summed E-state index contributed by atoms with van der Waals surface area (Å²) in [5.74, 6) is 5.58. The number of fused-ring (bicyclic) bond motifs is 2. The number of aromatic nitrogens is 1. The van der Waals surface area contributed by atoms with Gasteiger partial charge in [0, 0.05) is 30.7 Å². The van der Waals surface area contributed by atoms with Crippen LogP contribution in [0.2, 0.25) is 0 Å². The fourth-order valence-electron chi connectivity index (χ4n) is 5.10. The number of hydrogen-bond donors (Lipinski definition) is 1. The molecule has 2 aliphatic heterocycles. The minimum absolute atomic E-state index is 0.0701. The Morgan fingerprint density at radius 2 is 2.10 bits per heavy atom. The third kappa shape index (κ3) is 6.16. The number of carbonyl (C=O) groups excluding carboxylic acids is 2. The Bertz CT molecular complexity index is 1440. The van der Waals surface area contributed by atoms with Crippen molar-refractivity contribution < 1.29 is 23.5 Å². The predicted octanol–water partition coefficient (Wildman–Crippen LogP) is 6.04. The van der Waals surface area contributed by atoms with Gasteiger partial charge in [0.05, 0.1) is 47.4 Å². The molecular weight excluding hydrogens is 599 g/mol. The van der Waals surface area contributed by atoms with Crippen molar-refractivity contribution in [1.82, 2.24) is 9.88 Å². The topological polar surface area (TPSA) is 105 Å². The number of nitrogens with one attached hydrogen (secondary N) is 1. The van der Waals surface area contributed by atoms with Gasteiger partial charge in [-0.2, -0.15) is 5.26 Å². The smallest absolute Gasteiger partial charge is 0.410 e. The summed E-state index contributed by atoms with van der Waals surface area (Å²) in [6.45, 7) is 6.10. The molecule has 3 fully saturated rings. The molecule has 1 unspecified atom stereocenters. The summed E-state index contributed by atoms with van der Waals surface area (Å²) >= 11 is 4.72. The molecular formula is C29H32BrFN4O4S. The van der Waals surface area contributed by atoms with E-state index in [9.17, 15) is 9.59 Å². The van der Waals surface area contributed by atoms with Crippen molar-refractivity contribution in [3.8, 4) is 17.9 Å². The highest BCUT2D eigenvalue weighted by Gasteiger charge is 2.55. The number of pyridine rings is 1. The molecule has 3 heterocycles. The predicted molar refractivity (Wildman–Crippen MR) is 155 cm³/mol. The molecule has 1 N–H and O–H groups in total. The molecule has 2 bridgehead atoms. The molecule has 5 rings (SSSR count). The highest BCUT2D eigenvalue weighted by atomic mass is 79.9. The van der Waals surface area contributed by atoms with E-state index in [1.54, 1.807) is 4.90 Å². The summed E-state index contributed by atoms with van der Waals surface area (Å²) in [7, 11) is 1.33. The number of hydrogen-bond acceptors (Lipinski definition) is 8. The van der Waals surface area contributed by atoms with Crippen LogP contribution in [0.5, 0.6) is 0 Å². The average molecular weight is 632 g/mol. The quantitative estimate of drug-likeness (QED) is 0.224. The highest BCUT2D eigenvalue weighted by molar-refractivity contribution is 9.10. The zero-order chi connectivity index (χ0) is 29.2. The van der Waals surface area contributed by atoms with Crippen LogP contribution in [0.3, 0.4) is 0 Å². The van der Waals surface area contributed by atoms with Crippen molar-refractivity contribution in [1.29, 1.82) is 5.26 Å². The van der Waals surface area contributed by atoms with Gasteiger partial charge in [0.25, 0.3) is 0 Å². The third-order valence-corrected chi connectivity index (χ3v) is 8.57. The number of benzene rings is 1. The van der Waals surface area contributed by atoms with Crippen LogP contribution >= 0.6 is 27.7 Å². The molecule has 0 radical (unpaired) electrons. The second kappa shape index (κ2) is 12.2. The number of rotatable bonds is 7. The lowest BCUT2D eigenvalue weighted by Crippen LogP contribution is -2.50. The SMILES string of the molecule is COC(=O)CCC#Cc1c(SC)nc2c(F)c(Br)c(CCC#N)cc2c1NC1[C@@H]2C[C@H]1N(C(=O)OC(C)(C)C)C2. The molecule has 1 saturated carbocycles. The summed E-state index contributed by atoms with van der Waals surface area (Å²) < 4.78 is 26.3. The Balaban J connectivity index is 1.78. The summed E-state index contributed by atoms with van der Waals surface area (Å²) in [5.41, 5.74) is 1.49. The second-order valence-corrected chi connectivity index (χ2v) is 12.4. The van der Waals surface area contributed by atoms with Crippen LogP contribution < -0.4 is 5.32 Å². The van der Waals surface area contributed by atoms with E-state index in [-0.39, 0.29) is 52.9 Å². The maximum absolute atomic E-state index is 15.7. The van der Waals surface area contributed by atoms with Crippen LogP contribution in [0.1, 0.15) is 57.6 Å². The highest BCUT2D eigenvalue weighted by Crippen LogP contribution is 2.46. The third-order valence-electron chi connectivity index (χ3n) is 7.03. The molecule has 40 heavy (non-hydrogen) atoms. The first-order chi connectivity index (χ1) is 19.0. The first kappa shape index (κ1) is 30.0. The molecule has 11 heteroatoms. The van der Waals surface area contributed by atoms with E-state index in [1.165, 1.54) is 18.9 Å². The van der Waals surface area contributed by atoms with Crippen LogP contribution in [-0.2, 0) is 20.7 Å². The molecule has 212 valence electrons. The van der Waals surface area contributed by atoms with Gasteiger partial charge >= 0.3 is 12.1 Å². The van der Waals surface area contributed by atoms with Crippen molar-refractivity contribution in [2.45, 2.75) is 75.6 Å². The summed E-state index contributed by atoms with van der Waals surface area (Å²) in [4.78, 5) is 30.9. The first-order valence-electron chi connectivity index (χ1n) is 13.1. The standard InChI is InChI=1S/C29H32BrFN4O4S/c1-29(2,3)39-28(37)35-15-17-14-20(35)24(17)33-25-18(10-6-7-11-21(36)38-4)27(40-5)34-26-19(25)13-16(9-8-12-32)22(30)23(26)31/h13,17,20,24H,7-9,11,14-15H2,1-5H3,(H,33,34)/t17-,20-,24?/m1/s1. The van der Waals surface area contributed by atoms with Gasteiger partial charge in [-0.15, -0.1) is 11.8 Å². The summed E-state index contributed by atoms with van der Waals surface area (Å²) in [6, 6.07) is 3.83. The fourth-order valence-corrected chi connectivity index (χ4v) is 6.14. The van der Waals surface area contributed by atoms with Crippen LogP contribution in [0.4, 0.5) is 14.9 Å². The fraction of sp³-hybridized carbons (Fsp3) is 0.517. The number of methoxy groups -OCH3 is 1. The number of nitrogens with zero attached hydrogens (tertiary/aromatic N) is 3. The Hall–Kier alpha value is -3.02. The number of amides is 1. The zero-order valence-electron chi connectivity index (χ0n) is 23.2. The van der Waals surface area contributed by atoms with Gasteiger partial charge < -0.3 is 19.7 Å². The maximum atomic E-state index is 15.7. The van der Waals surface area contributed by atoms with Gasteiger partial charge in [0.1, 0.15) is 16.1 Å².